The van der Waals surface area contributed by atoms with Gasteiger partial charge in [-0.2, -0.15) is 4.98 Å². The summed E-state index contributed by atoms with van der Waals surface area (Å²) in [5.41, 5.74) is 5.70. The first-order valence-electron chi connectivity index (χ1n) is 5.95. The monoisotopic (exact) mass is 266 g/mol. The predicted molar refractivity (Wildman–Crippen MR) is 76.1 cm³/mol. The zero-order chi connectivity index (χ0) is 13.1. The van der Waals surface area contributed by atoms with Gasteiger partial charge in [-0.3, -0.25) is 0 Å². The zero-order valence-corrected chi connectivity index (χ0v) is 11.7. The highest BCUT2D eigenvalue weighted by Gasteiger charge is 2.08. The predicted octanol–water partition coefficient (Wildman–Crippen LogP) is 2.42. The Bertz CT molecular complexity index is 538. The lowest BCUT2D eigenvalue weighted by Gasteiger charge is -2.09. The number of nitrogens with zero attached hydrogens (tertiary/aromatic N) is 2. The molecule has 2 aromatic heterocycles. The van der Waals surface area contributed by atoms with Crippen molar-refractivity contribution in [1.82, 2.24) is 9.97 Å². The third-order valence-corrected chi connectivity index (χ3v) is 3.32. The maximum Gasteiger partial charge on any atom is 0.223 e. The van der Waals surface area contributed by atoms with Crippen LogP contribution in [0.5, 0.6) is 0 Å². The molecule has 3 N–H and O–H groups in total. The molecule has 5 nitrogen and oxygen atoms in total. The van der Waals surface area contributed by atoms with Crippen LogP contribution in [0, 0.1) is 6.92 Å². The highest BCUT2D eigenvalue weighted by molar-refractivity contribution is 7.18. The average Bonchev–Trinajstić information content (AvgIpc) is 2.64. The van der Waals surface area contributed by atoms with Crippen molar-refractivity contribution in [2.24, 2.45) is 0 Å². The molecule has 2 heterocycles. The molecule has 2 aromatic rings. The van der Waals surface area contributed by atoms with Gasteiger partial charge in [0, 0.05) is 11.4 Å². The summed E-state index contributed by atoms with van der Waals surface area (Å²) in [4.78, 5) is 10.6. The molecule has 0 fully saturated rings. The fourth-order valence-corrected chi connectivity index (χ4v) is 2.54. The molecule has 0 saturated carbocycles. The molecule has 0 atom stereocenters. The first-order chi connectivity index (χ1) is 8.56. The topological polar surface area (TPSA) is 73.1 Å². The number of hydrogen-bond acceptors (Lipinski definition) is 6. The van der Waals surface area contributed by atoms with Crippen LogP contribution in [0.3, 0.4) is 0 Å². The summed E-state index contributed by atoms with van der Waals surface area (Å²) in [6, 6.07) is 2.07. The number of anilines is 2. The van der Waals surface area contributed by atoms with E-state index in [9.17, 15) is 0 Å². The van der Waals surface area contributed by atoms with Gasteiger partial charge in [-0.1, -0.05) is 0 Å². The summed E-state index contributed by atoms with van der Waals surface area (Å²) in [6.45, 7) is 7.44. The van der Waals surface area contributed by atoms with E-state index < -0.39 is 0 Å². The van der Waals surface area contributed by atoms with Crippen LogP contribution in [-0.2, 0) is 4.74 Å². The molecule has 0 bridgehead atoms. The van der Waals surface area contributed by atoms with Gasteiger partial charge in [0.25, 0.3) is 0 Å². The van der Waals surface area contributed by atoms with Crippen molar-refractivity contribution < 1.29 is 4.74 Å². The minimum atomic E-state index is 0.241. The molecule has 0 spiro atoms. The van der Waals surface area contributed by atoms with E-state index in [-0.39, 0.29) is 6.10 Å². The Labute approximate surface area is 110 Å². The second-order valence-electron chi connectivity index (χ2n) is 4.35. The molecule has 0 aliphatic carbocycles. The Kier molecular flexibility index (Phi) is 3.98. The number of aromatic nitrogens is 2. The highest BCUT2D eigenvalue weighted by atomic mass is 32.1. The van der Waals surface area contributed by atoms with E-state index in [1.54, 1.807) is 11.3 Å². The zero-order valence-electron chi connectivity index (χ0n) is 10.9. The standard InChI is InChI=1S/C12H18N4OS/c1-7(2)17-5-4-14-10-9-6-8(3)18-11(9)16-12(13)15-10/h6-7H,4-5H2,1-3H3,(H3,13,14,15,16). The van der Waals surface area contributed by atoms with Crippen LogP contribution in [0.4, 0.5) is 11.8 Å². The normalized spacial score (nSPS) is 11.3. The third kappa shape index (κ3) is 3.08. The number of nitrogens with two attached hydrogens (primary N) is 1. The van der Waals surface area contributed by atoms with Crippen LogP contribution in [0.2, 0.25) is 0 Å². The van der Waals surface area contributed by atoms with Gasteiger partial charge in [-0.15, -0.1) is 11.3 Å². The quantitative estimate of drug-likeness (QED) is 0.813. The van der Waals surface area contributed by atoms with Crippen LogP contribution in [0.15, 0.2) is 6.07 Å². The number of hydrogen-bond donors (Lipinski definition) is 2. The Morgan fingerprint density at radius 3 is 2.94 bits per heavy atom. The van der Waals surface area contributed by atoms with Crippen molar-refractivity contribution in [3.05, 3.63) is 10.9 Å². The summed E-state index contributed by atoms with van der Waals surface area (Å²) in [7, 11) is 0. The van der Waals surface area contributed by atoms with Gasteiger partial charge >= 0.3 is 0 Å². The molecular formula is C12H18N4OS. The average molecular weight is 266 g/mol. The molecule has 0 aliphatic heterocycles. The van der Waals surface area contributed by atoms with E-state index in [1.807, 2.05) is 20.8 Å². The maximum atomic E-state index is 5.70. The summed E-state index contributed by atoms with van der Waals surface area (Å²) in [6.07, 6.45) is 0.241. The molecule has 2 rings (SSSR count). The molecule has 0 radical (unpaired) electrons. The first-order valence-corrected chi connectivity index (χ1v) is 6.77. The molecule has 18 heavy (non-hydrogen) atoms. The van der Waals surface area contributed by atoms with Crippen molar-refractivity contribution in [3.63, 3.8) is 0 Å². The number of fused-ring (bicyclic) bond motifs is 1. The molecule has 0 aromatic carbocycles. The van der Waals surface area contributed by atoms with Gasteiger partial charge in [-0.25, -0.2) is 4.98 Å². The second-order valence-corrected chi connectivity index (χ2v) is 5.59. The fourth-order valence-electron chi connectivity index (χ4n) is 1.66. The van der Waals surface area contributed by atoms with Crippen molar-refractivity contribution >= 4 is 33.3 Å². The van der Waals surface area contributed by atoms with Crippen LogP contribution < -0.4 is 11.1 Å². The van der Waals surface area contributed by atoms with Crippen molar-refractivity contribution in [1.29, 1.82) is 0 Å². The van der Waals surface area contributed by atoms with Gasteiger partial charge < -0.3 is 15.8 Å². The van der Waals surface area contributed by atoms with Crippen molar-refractivity contribution in [2.75, 3.05) is 24.2 Å². The molecule has 6 heteroatoms. The van der Waals surface area contributed by atoms with Crippen LogP contribution in [0.25, 0.3) is 10.2 Å². The van der Waals surface area contributed by atoms with Gasteiger partial charge in [0.05, 0.1) is 18.1 Å². The Hall–Kier alpha value is -1.40. The van der Waals surface area contributed by atoms with E-state index in [0.717, 1.165) is 16.0 Å². The summed E-state index contributed by atoms with van der Waals surface area (Å²) in [5, 5.41) is 4.27. The molecular weight excluding hydrogens is 248 g/mol. The van der Waals surface area contributed by atoms with Crippen LogP contribution in [-0.4, -0.2) is 29.2 Å². The van der Waals surface area contributed by atoms with E-state index >= 15 is 0 Å². The highest BCUT2D eigenvalue weighted by Crippen LogP contribution is 2.28. The second kappa shape index (κ2) is 5.49. The number of nitrogens with one attached hydrogen (secondary N) is 1. The lowest BCUT2D eigenvalue weighted by Crippen LogP contribution is -2.14. The summed E-state index contributed by atoms with van der Waals surface area (Å²) in [5.74, 6) is 1.09. The van der Waals surface area contributed by atoms with Gasteiger partial charge in [0.1, 0.15) is 10.6 Å². The van der Waals surface area contributed by atoms with E-state index in [4.69, 9.17) is 10.5 Å². The molecule has 0 amide bonds. The van der Waals surface area contributed by atoms with Crippen molar-refractivity contribution in [2.45, 2.75) is 26.9 Å². The summed E-state index contributed by atoms with van der Waals surface area (Å²) >= 11 is 1.62. The minimum absolute atomic E-state index is 0.241. The van der Waals surface area contributed by atoms with Gasteiger partial charge in [0.2, 0.25) is 5.95 Å². The smallest absolute Gasteiger partial charge is 0.223 e. The number of ether oxygens (including phenoxy) is 1. The number of thiophene rings is 1. The van der Waals surface area contributed by atoms with Crippen molar-refractivity contribution in [3.8, 4) is 0 Å². The third-order valence-electron chi connectivity index (χ3n) is 2.38. The first kappa shape index (κ1) is 13.0. The molecule has 98 valence electrons. The molecule has 0 unspecified atom stereocenters. The minimum Gasteiger partial charge on any atom is -0.377 e. The van der Waals surface area contributed by atoms with E-state index in [1.165, 1.54) is 4.88 Å². The fraction of sp³-hybridized carbons (Fsp3) is 0.500. The SMILES string of the molecule is Cc1cc2c(NCCOC(C)C)nc(N)nc2s1. The Morgan fingerprint density at radius 2 is 2.22 bits per heavy atom. The Balaban J connectivity index is 2.11. The molecule has 0 saturated heterocycles. The van der Waals surface area contributed by atoms with Gasteiger partial charge in [-0.05, 0) is 26.8 Å². The van der Waals surface area contributed by atoms with E-state index in [0.29, 0.717) is 19.1 Å². The number of nitrogen functional groups attached to an aromatic ring is 1. The van der Waals surface area contributed by atoms with Crippen LogP contribution in [0.1, 0.15) is 18.7 Å². The lowest BCUT2D eigenvalue weighted by molar-refractivity contribution is 0.0870. The molecule has 0 aliphatic rings. The number of aryl methyl sites for hydroxylation is 1. The lowest BCUT2D eigenvalue weighted by atomic mass is 10.3. The largest absolute Gasteiger partial charge is 0.377 e. The van der Waals surface area contributed by atoms with Crippen LogP contribution >= 0.6 is 11.3 Å². The Morgan fingerprint density at radius 1 is 1.44 bits per heavy atom. The van der Waals surface area contributed by atoms with Gasteiger partial charge in [0.15, 0.2) is 0 Å². The van der Waals surface area contributed by atoms with E-state index in [2.05, 4.69) is 21.4 Å². The number of rotatable bonds is 5. The maximum absolute atomic E-state index is 5.70. The summed E-state index contributed by atoms with van der Waals surface area (Å²) < 4.78 is 5.48.